The number of benzene rings is 1. The molecule has 0 aliphatic carbocycles. The number of halogens is 1. The number of carboxylic acids is 1. The SMILES string of the molecule is O=C(O)c1cc(Br)cn1CC1Cc2ccccc2O1. The van der Waals surface area contributed by atoms with Crippen molar-refractivity contribution in [3.05, 3.63) is 52.3 Å². The molecule has 1 aromatic heterocycles. The maximum absolute atomic E-state index is 11.1. The van der Waals surface area contributed by atoms with Crippen LogP contribution in [0, 0.1) is 0 Å². The minimum absolute atomic E-state index is 0.0187. The summed E-state index contributed by atoms with van der Waals surface area (Å²) in [7, 11) is 0. The van der Waals surface area contributed by atoms with Crippen molar-refractivity contribution in [1.82, 2.24) is 4.57 Å². The first kappa shape index (κ1) is 12.3. The van der Waals surface area contributed by atoms with E-state index >= 15 is 0 Å². The van der Waals surface area contributed by atoms with Crippen LogP contribution < -0.4 is 4.74 Å². The van der Waals surface area contributed by atoms with Gasteiger partial charge >= 0.3 is 5.97 Å². The molecule has 98 valence electrons. The highest BCUT2D eigenvalue weighted by Crippen LogP contribution is 2.29. The van der Waals surface area contributed by atoms with Crippen molar-refractivity contribution >= 4 is 21.9 Å². The summed E-state index contributed by atoms with van der Waals surface area (Å²) in [5.74, 6) is -0.0307. The van der Waals surface area contributed by atoms with Crippen LogP contribution in [-0.4, -0.2) is 21.7 Å². The zero-order valence-electron chi connectivity index (χ0n) is 10.0. The smallest absolute Gasteiger partial charge is 0.352 e. The second kappa shape index (κ2) is 4.74. The van der Waals surface area contributed by atoms with Gasteiger partial charge in [0.1, 0.15) is 17.5 Å². The van der Waals surface area contributed by atoms with E-state index < -0.39 is 5.97 Å². The Morgan fingerprint density at radius 3 is 3.00 bits per heavy atom. The van der Waals surface area contributed by atoms with Gasteiger partial charge in [0.25, 0.3) is 0 Å². The molecule has 19 heavy (non-hydrogen) atoms. The fraction of sp³-hybridized carbons (Fsp3) is 0.214. The standard InChI is InChI=1S/C14H12BrNO3/c15-10-6-12(14(17)18)16(7-10)8-11-5-9-3-1-2-4-13(9)19-11/h1-4,6-7,11H,5,8H2,(H,17,18). The molecule has 1 aromatic carbocycles. The van der Waals surface area contributed by atoms with Crippen molar-refractivity contribution < 1.29 is 14.6 Å². The molecule has 2 heterocycles. The highest BCUT2D eigenvalue weighted by molar-refractivity contribution is 9.10. The highest BCUT2D eigenvalue weighted by atomic mass is 79.9. The molecule has 5 heteroatoms. The van der Waals surface area contributed by atoms with Crippen molar-refractivity contribution in [2.24, 2.45) is 0 Å². The Balaban J connectivity index is 1.79. The molecule has 0 saturated heterocycles. The lowest BCUT2D eigenvalue weighted by Crippen LogP contribution is -2.22. The monoisotopic (exact) mass is 321 g/mol. The predicted molar refractivity (Wildman–Crippen MR) is 73.7 cm³/mol. The van der Waals surface area contributed by atoms with Crippen LogP contribution in [0.15, 0.2) is 41.0 Å². The number of nitrogens with zero attached hydrogens (tertiary/aromatic N) is 1. The molecule has 0 fully saturated rings. The average Bonchev–Trinajstić information content (AvgIpc) is 2.92. The van der Waals surface area contributed by atoms with Gasteiger partial charge in [0.15, 0.2) is 0 Å². The molecule has 1 atom stereocenters. The van der Waals surface area contributed by atoms with E-state index in [-0.39, 0.29) is 11.8 Å². The second-order valence-corrected chi connectivity index (χ2v) is 5.47. The van der Waals surface area contributed by atoms with Crippen molar-refractivity contribution in [2.45, 2.75) is 19.1 Å². The Labute approximate surface area is 118 Å². The zero-order valence-corrected chi connectivity index (χ0v) is 11.6. The Morgan fingerprint density at radius 2 is 2.26 bits per heavy atom. The van der Waals surface area contributed by atoms with Crippen LogP contribution >= 0.6 is 15.9 Å². The van der Waals surface area contributed by atoms with Crippen molar-refractivity contribution in [2.75, 3.05) is 0 Å². The number of ether oxygens (including phenoxy) is 1. The normalized spacial score (nSPS) is 17.0. The summed E-state index contributed by atoms with van der Waals surface area (Å²) < 4.78 is 8.30. The number of rotatable bonds is 3. The highest BCUT2D eigenvalue weighted by Gasteiger charge is 2.24. The molecule has 0 spiro atoms. The number of hydrogen-bond donors (Lipinski definition) is 1. The number of para-hydroxylation sites is 1. The van der Waals surface area contributed by atoms with Gasteiger partial charge in [-0.05, 0) is 33.6 Å². The summed E-state index contributed by atoms with van der Waals surface area (Å²) in [6.45, 7) is 0.530. The summed E-state index contributed by atoms with van der Waals surface area (Å²) in [6, 6.07) is 9.51. The molecule has 1 aliphatic rings. The summed E-state index contributed by atoms with van der Waals surface area (Å²) in [5, 5.41) is 9.14. The van der Waals surface area contributed by atoms with Crippen LogP contribution in [0.25, 0.3) is 0 Å². The van der Waals surface area contributed by atoms with E-state index in [2.05, 4.69) is 15.9 Å². The Bertz CT molecular complexity index is 610. The summed E-state index contributed by atoms with van der Waals surface area (Å²) in [4.78, 5) is 11.1. The topological polar surface area (TPSA) is 51.5 Å². The lowest BCUT2D eigenvalue weighted by Gasteiger charge is -2.13. The van der Waals surface area contributed by atoms with E-state index in [1.165, 1.54) is 5.56 Å². The van der Waals surface area contributed by atoms with Gasteiger partial charge < -0.3 is 14.4 Å². The Kier molecular flexibility index (Phi) is 3.06. The van der Waals surface area contributed by atoms with Crippen molar-refractivity contribution in [3.63, 3.8) is 0 Å². The molecule has 2 aromatic rings. The average molecular weight is 322 g/mol. The summed E-state index contributed by atoms with van der Waals surface area (Å²) in [6.07, 6.45) is 2.57. The quantitative estimate of drug-likeness (QED) is 0.945. The summed E-state index contributed by atoms with van der Waals surface area (Å²) >= 11 is 3.30. The number of aromatic carboxylic acids is 1. The number of carboxylic acid groups (broad SMARTS) is 1. The van der Waals surface area contributed by atoms with Gasteiger partial charge in [0, 0.05) is 17.1 Å². The summed E-state index contributed by atoms with van der Waals surface area (Å²) in [5.41, 5.74) is 1.45. The van der Waals surface area contributed by atoms with Crippen molar-refractivity contribution in [3.8, 4) is 5.75 Å². The van der Waals surface area contributed by atoms with E-state index in [1.54, 1.807) is 16.8 Å². The molecular formula is C14H12BrNO3. The molecule has 1 N–H and O–H groups in total. The van der Waals surface area contributed by atoms with Gasteiger partial charge in [-0.15, -0.1) is 0 Å². The van der Waals surface area contributed by atoms with E-state index in [0.29, 0.717) is 6.54 Å². The first-order valence-corrected chi connectivity index (χ1v) is 6.76. The predicted octanol–water partition coefficient (Wildman–Crippen LogP) is 2.95. The third-order valence-electron chi connectivity index (χ3n) is 3.20. The lowest BCUT2D eigenvalue weighted by atomic mass is 10.1. The molecule has 0 radical (unpaired) electrons. The van der Waals surface area contributed by atoms with Crippen LogP contribution in [-0.2, 0) is 13.0 Å². The number of aromatic nitrogens is 1. The lowest BCUT2D eigenvalue weighted by molar-refractivity contribution is 0.0682. The van der Waals surface area contributed by atoms with Crippen LogP contribution in [0.1, 0.15) is 16.1 Å². The van der Waals surface area contributed by atoms with Crippen LogP contribution in [0.3, 0.4) is 0 Å². The molecule has 1 unspecified atom stereocenters. The maximum Gasteiger partial charge on any atom is 0.352 e. The van der Waals surface area contributed by atoms with E-state index in [9.17, 15) is 4.79 Å². The van der Waals surface area contributed by atoms with E-state index in [0.717, 1.165) is 16.6 Å². The molecule has 0 bridgehead atoms. The Hall–Kier alpha value is -1.75. The van der Waals surface area contributed by atoms with E-state index in [1.807, 2.05) is 24.3 Å². The van der Waals surface area contributed by atoms with Crippen molar-refractivity contribution in [1.29, 1.82) is 0 Å². The van der Waals surface area contributed by atoms with Gasteiger partial charge in [-0.25, -0.2) is 4.79 Å². The van der Waals surface area contributed by atoms with Gasteiger partial charge in [-0.1, -0.05) is 18.2 Å². The molecule has 0 amide bonds. The fourth-order valence-corrected chi connectivity index (χ4v) is 2.84. The minimum Gasteiger partial charge on any atom is -0.488 e. The molecular weight excluding hydrogens is 310 g/mol. The molecule has 3 rings (SSSR count). The molecule has 4 nitrogen and oxygen atoms in total. The minimum atomic E-state index is -0.929. The van der Waals surface area contributed by atoms with E-state index in [4.69, 9.17) is 9.84 Å². The van der Waals surface area contributed by atoms with Crippen LogP contribution in [0.4, 0.5) is 0 Å². The second-order valence-electron chi connectivity index (χ2n) is 4.55. The third kappa shape index (κ3) is 2.38. The largest absolute Gasteiger partial charge is 0.488 e. The maximum atomic E-state index is 11.1. The molecule has 1 aliphatic heterocycles. The number of fused-ring (bicyclic) bond motifs is 1. The molecule has 0 saturated carbocycles. The van der Waals surface area contributed by atoms with Gasteiger partial charge in [0.05, 0.1) is 6.54 Å². The first-order chi connectivity index (χ1) is 9.13. The van der Waals surface area contributed by atoms with Crippen LogP contribution in [0.2, 0.25) is 0 Å². The van der Waals surface area contributed by atoms with Gasteiger partial charge in [-0.2, -0.15) is 0 Å². The Morgan fingerprint density at radius 1 is 1.47 bits per heavy atom. The third-order valence-corrected chi connectivity index (χ3v) is 3.63. The van der Waals surface area contributed by atoms with Gasteiger partial charge in [0.2, 0.25) is 0 Å². The van der Waals surface area contributed by atoms with Crippen LogP contribution in [0.5, 0.6) is 5.75 Å². The fourth-order valence-electron chi connectivity index (χ4n) is 2.38. The number of hydrogen-bond acceptors (Lipinski definition) is 2. The van der Waals surface area contributed by atoms with Gasteiger partial charge in [-0.3, -0.25) is 0 Å². The zero-order chi connectivity index (χ0) is 13.4. The first-order valence-electron chi connectivity index (χ1n) is 5.97. The number of carbonyl (C=O) groups is 1.